The topological polar surface area (TPSA) is 26.0 Å². The van der Waals surface area contributed by atoms with Gasteiger partial charge in [-0.2, -0.15) is 0 Å². The largest absolute Gasteiger partial charge is 0.330 e. The fourth-order valence-electron chi connectivity index (χ4n) is 3.52. The first-order chi connectivity index (χ1) is 9.00. The maximum Gasteiger partial charge on any atom is 0.126 e. The Morgan fingerprint density at radius 1 is 1.21 bits per heavy atom. The van der Waals surface area contributed by atoms with E-state index in [1.165, 1.54) is 24.8 Å². The molecular formula is C17H26FN. The van der Waals surface area contributed by atoms with E-state index in [2.05, 4.69) is 6.07 Å². The Morgan fingerprint density at radius 2 is 1.84 bits per heavy atom. The van der Waals surface area contributed by atoms with E-state index < -0.39 is 0 Å². The molecule has 0 spiro atoms. The zero-order chi connectivity index (χ0) is 14.0. The summed E-state index contributed by atoms with van der Waals surface area (Å²) in [4.78, 5) is 0. The van der Waals surface area contributed by atoms with Gasteiger partial charge in [-0.1, -0.05) is 39.2 Å². The first kappa shape index (κ1) is 14.5. The van der Waals surface area contributed by atoms with E-state index >= 15 is 0 Å². The molecule has 0 bridgehead atoms. The molecule has 1 nitrogen and oxygen atoms in total. The van der Waals surface area contributed by atoms with Gasteiger partial charge in [0.05, 0.1) is 0 Å². The maximum atomic E-state index is 14.0. The monoisotopic (exact) mass is 263 g/mol. The Bertz CT molecular complexity index is 445. The van der Waals surface area contributed by atoms with Gasteiger partial charge < -0.3 is 5.73 Å². The van der Waals surface area contributed by atoms with E-state index in [-0.39, 0.29) is 17.2 Å². The number of hydrogen-bond donors (Lipinski definition) is 1. The molecule has 1 saturated carbocycles. The molecule has 0 heterocycles. The third-order valence-electron chi connectivity index (χ3n) is 4.74. The van der Waals surface area contributed by atoms with Crippen LogP contribution in [0.4, 0.5) is 4.39 Å². The molecule has 0 aliphatic heterocycles. The first-order valence-corrected chi connectivity index (χ1v) is 7.51. The lowest BCUT2D eigenvalue weighted by Gasteiger charge is -2.38. The van der Waals surface area contributed by atoms with E-state index in [4.69, 9.17) is 5.73 Å². The molecule has 0 radical (unpaired) electrons. The van der Waals surface area contributed by atoms with Gasteiger partial charge in [-0.3, -0.25) is 0 Å². The lowest BCUT2D eigenvalue weighted by atomic mass is 9.67. The molecular weight excluding hydrogens is 237 g/mol. The number of halogens is 1. The zero-order valence-corrected chi connectivity index (χ0v) is 12.4. The van der Waals surface area contributed by atoms with Crippen molar-refractivity contribution in [1.82, 2.24) is 0 Å². The number of hydrogen-bond acceptors (Lipinski definition) is 1. The van der Waals surface area contributed by atoms with Crippen LogP contribution in [0.15, 0.2) is 12.1 Å². The van der Waals surface area contributed by atoms with Gasteiger partial charge in [0, 0.05) is 12.0 Å². The summed E-state index contributed by atoms with van der Waals surface area (Å²) in [7, 11) is 0. The van der Waals surface area contributed by atoms with Crippen molar-refractivity contribution in [2.75, 3.05) is 6.54 Å². The molecule has 1 fully saturated rings. The highest BCUT2D eigenvalue weighted by Gasteiger charge is 2.34. The van der Waals surface area contributed by atoms with Crippen LogP contribution in [0.25, 0.3) is 0 Å². The second-order valence-corrected chi connectivity index (χ2v) is 6.39. The minimum absolute atomic E-state index is 0.0702. The van der Waals surface area contributed by atoms with E-state index in [0.717, 1.165) is 24.0 Å². The summed E-state index contributed by atoms with van der Waals surface area (Å²) < 4.78 is 14.0. The molecule has 2 rings (SSSR count). The molecule has 0 aromatic heterocycles. The molecule has 0 atom stereocenters. The van der Waals surface area contributed by atoms with Crippen LogP contribution in [0.3, 0.4) is 0 Å². The van der Waals surface area contributed by atoms with Gasteiger partial charge in [-0.25, -0.2) is 4.39 Å². The molecule has 106 valence electrons. The quantitative estimate of drug-likeness (QED) is 0.858. The van der Waals surface area contributed by atoms with E-state index in [0.29, 0.717) is 6.54 Å². The van der Waals surface area contributed by atoms with Crippen molar-refractivity contribution in [3.05, 3.63) is 34.6 Å². The summed E-state index contributed by atoms with van der Waals surface area (Å²) in [5.74, 6) is 0.150. The van der Waals surface area contributed by atoms with Gasteiger partial charge in [0.25, 0.3) is 0 Å². The standard InChI is InChI=1S/C17H26FN/c1-12(2)14-10-15(13(3)9-16(14)18)17(11-19)7-5-4-6-8-17/h9-10,12H,4-8,11,19H2,1-3H3. The highest BCUT2D eigenvalue weighted by molar-refractivity contribution is 5.40. The van der Waals surface area contributed by atoms with Gasteiger partial charge in [-0.15, -0.1) is 0 Å². The summed E-state index contributed by atoms with van der Waals surface area (Å²) in [6.07, 6.45) is 6.08. The highest BCUT2D eigenvalue weighted by Crippen LogP contribution is 2.41. The van der Waals surface area contributed by atoms with Crippen molar-refractivity contribution in [3.63, 3.8) is 0 Å². The third kappa shape index (κ3) is 2.69. The summed E-state index contributed by atoms with van der Waals surface area (Å²) in [5.41, 5.74) is 9.38. The molecule has 1 aromatic rings. The predicted octanol–water partition coefficient (Wildman–Crippen LogP) is 4.42. The first-order valence-electron chi connectivity index (χ1n) is 7.51. The van der Waals surface area contributed by atoms with Crippen molar-refractivity contribution in [3.8, 4) is 0 Å². The number of aryl methyl sites for hydroxylation is 1. The second-order valence-electron chi connectivity index (χ2n) is 6.39. The summed E-state index contributed by atoms with van der Waals surface area (Å²) >= 11 is 0. The van der Waals surface area contributed by atoms with Crippen LogP contribution >= 0.6 is 0 Å². The zero-order valence-electron chi connectivity index (χ0n) is 12.4. The third-order valence-corrected chi connectivity index (χ3v) is 4.74. The predicted molar refractivity (Wildman–Crippen MR) is 79.0 cm³/mol. The van der Waals surface area contributed by atoms with Gasteiger partial charge in [0.15, 0.2) is 0 Å². The maximum absolute atomic E-state index is 14.0. The molecule has 0 amide bonds. The molecule has 19 heavy (non-hydrogen) atoms. The molecule has 2 heteroatoms. The van der Waals surface area contributed by atoms with Crippen LogP contribution in [-0.2, 0) is 5.41 Å². The molecule has 2 N–H and O–H groups in total. The van der Waals surface area contributed by atoms with E-state index in [9.17, 15) is 4.39 Å². The van der Waals surface area contributed by atoms with Crippen LogP contribution in [0.5, 0.6) is 0 Å². The lowest BCUT2D eigenvalue weighted by Crippen LogP contribution is -2.38. The Hall–Kier alpha value is -0.890. The van der Waals surface area contributed by atoms with Crippen molar-refractivity contribution < 1.29 is 4.39 Å². The Morgan fingerprint density at radius 3 is 2.37 bits per heavy atom. The van der Waals surface area contributed by atoms with Gasteiger partial charge in [0.2, 0.25) is 0 Å². The van der Waals surface area contributed by atoms with Crippen LogP contribution in [0.1, 0.15) is 68.6 Å². The SMILES string of the molecule is Cc1cc(F)c(C(C)C)cc1C1(CN)CCCCC1. The summed E-state index contributed by atoms with van der Waals surface area (Å²) in [6.45, 7) is 6.80. The molecule has 0 unspecified atom stereocenters. The van der Waals surface area contributed by atoms with E-state index in [1.54, 1.807) is 6.07 Å². The van der Waals surface area contributed by atoms with Crippen molar-refractivity contribution in [1.29, 1.82) is 0 Å². The Labute approximate surface area is 116 Å². The molecule has 0 saturated heterocycles. The average Bonchev–Trinajstić information content (AvgIpc) is 2.39. The van der Waals surface area contributed by atoms with Crippen molar-refractivity contribution in [2.45, 2.75) is 64.2 Å². The van der Waals surface area contributed by atoms with E-state index in [1.807, 2.05) is 20.8 Å². The highest BCUT2D eigenvalue weighted by atomic mass is 19.1. The van der Waals surface area contributed by atoms with Crippen LogP contribution < -0.4 is 5.73 Å². The van der Waals surface area contributed by atoms with Gasteiger partial charge in [0.1, 0.15) is 5.82 Å². The lowest BCUT2D eigenvalue weighted by molar-refractivity contribution is 0.299. The smallest absolute Gasteiger partial charge is 0.126 e. The van der Waals surface area contributed by atoms with Crippen LogP contribution in [0.2, 0.25) is 0 Å². The minimum atomic E-state index is -0.0702. The number of nitrogens with two attached hydrogens (primary N) is 1. The minimum Gasteiger partial charge on any atom is -0.330 e. The number of rotatable bonds is 3. The summed E-state index contributed by atoms with van der Waals surface area (Å²) in [5, 5.41) is 0. The normalized spacial score (nSPS) is 18.8. The van der Waals surface area contributed by atoms with Crippen molar-refractivity contribution in [2.24, 2.45) is 5.73 Å². The van der Waals surface area contributed by atoms with Gasteiger partial charge >= 0.3 is 0 Å². The Balaban J connectivity index is 2.50. The fourth-order valence-corrected chi connectivity index (χ4v) is 3.52. The second kappa shape index (κ2) is 5.62. The molecule has 1 aliphatic carbocycles. The molecule has 1 aromatic carbocycles. The summed E-state index contributed by atoms with van der Waals surface area (Å²) in [6, 6.07) is 3.80. The number of benzene rings is 1. The van der Waals surface area contributed by atoms with Crippen LogP contribution in [0, 0.1) is 12.7 Å². The fraction of sp³-hybridized carbons (Fsp3) is 0.647. The Kier molecular flexibility index (Phi) is 4.29. The van der Waals surface area contributed by atoms with Crippen molar-refractivity contribution >= 4 is 0 Å². The molecule has 1 aliphatic rings. The average molecular weight is 263 g/mol. The van der Waals surface area contributed by atoms with Gasteiger partial charge in [-0.05, 0) is 48.4 Å². The van der Waals surface area contributed by atoms with Crippen LogP contribution in [-0.4, -0.2) is 6.54 Å².